The predicted octanol–water partition coefficient (Wildman–Crippen LogP) is 3.79. The Morgan fingerprint density at radius 2 is 1.88 bits per heavy atom. The first kappa shape index (κ1) is 13.7. The van der Waals surface area contributed by atoms with Crippen molar-refractivity contribution in [3.8, 4) is 0 Å². The van der Waals surface area contributed by atoms with E-state index in [1.54, 1.807) is 0 Å². The summed E-state index contributed by atoms with van der Waals surface area (Å²) in [5.41, 5.74) is 0.986. The molecule has 2 heteroatoms. The van der Waals surface area contributed by atoms with E-state index in [0.29, 0.717) is 0 Å². The Balaban J connectivity index is 2.65. The smallest absolute Gasteiger partial charge is 0.177 e. The summed E-state index contributed by atoms with van der Waals surface area (Å²) in [5.74, 6) is 0. The lowest BCUT2D eigenvalue weighted by Gasteiger charge is -2.28. The molecule has 1 N–H and O–H groups in total. The fourth-order valence-electron chi connectivity index (χ4n) is 2.48. The molecule has 1 unspecified atom stereocenters. The molecule has 0 bridgehead atoms. The number of hydrogen-bond acceptors (Lipinski definition) is 2. The van der Waals surface area contributed by atoms with Gasteiger partial charge >= 0.3 is 0 Å². The van der Waals surface area contributed by atoms with Crippen molar-refractivity contribution in [2.24, 2.45) is 0 Å². The second-order valence-corrected chi connectivity index (χ2v) is 4.90. The summed E-state index contributed by atoms with van der Waals surface area (Å²) < 4.78 is 5.84. The highest BCUT2D eigenvalue weighted by Gasteiger charge is 2.40. The first-order chi connectivity index (χ1) is 7.67. The van der Waals surface area contributed by atoms with Crippen molar-refractivity contribution >= 4 is 0 Å². The van der Waals surface area contributed by atoms with Gasteiger partial charge in [0.15, 0.2) is 6.29 Å². The normalized spacial score (nSPS) is 26.5. The van der Waals surface area contributed by atoms with Gasteiger partial charge in [0.2, 0.25) is 0 Å². The topological polar surface area (TPSA) is 29.5 Å². The standard InChI is InChI=1S/C14H26O2/c1-4-7-9-14(10-8-5-2)11-12(6-3)13(15)16-14/h6,13,15H,4-5,7-11H2,1-3H3/b12-6+. The third-order valence-corrected chi connectivity index (χ3v) is 3.55. The van der Waals surface area contributed by atoms with Crippen LogP contribution in [0.1, 0.15) is 65.7 Å². The minimum atomic E-state index is -0.654. The van der Waals surface area contributed by atoms with Crippen LogP contribution >= 0.6 is 0 Å². The molecule has 1 saturated heterocycles. The third-order valence-electron chi connectivity index (χ3n) is 3.55. The van der Waals surface area contributed by atoms with Crippen LogP contribution in [0.3, 0.4) is 0 Å². The predicted molar refractivity (Wildman–Crippen MR) is 67.2 cm³/mol. The second-order valence-electron chi connectivity index (χ2n) is 4.90. The largest absolute Gasteiger partial charge is 0.364 e. The Labute approximate surface area is 99.7 Å². The van der Waals surface area contributed by atoms with Gasteiger partial charge in [-0.2, -0.15) is 0 Å². The van der Waals surface area contributed by atoms with Gasteiger partial charge in [0, 0.05) is 6.42 Å². The second kappa shape index (κ2) is 6.41. The molecule has 1 heterocycles. The van der Waals surface area contributed by atoms with Gasteiger partial charge in [0.05, 0.1) is 5.60 Å². The van der Waals surface area contributed by atoms with Crippen molar-refractivity contribution in [2.45, 2.75) is 77.6 Å². The monoisotopic (exact) mass is 226 g/mol. The van der Waals surface area contributed by atoms with Crippen molar-refractivity contribution in [2.75, 3.05) is 0 Å². The Bertz CT molecular complexity index is 225. The van der Waals surface area contributed by atoms with E-state index in [1.165, 1.54) is 25.7 Å². The maximum atomic E-state index is 9.83. The molecule has 0 aromatic carbocycles. The lowest BCUT2D eigenvalue weighted by Crippen LogP contribution is -2.29. The highest BCUT2D eigenvalue weighted by molar-refractivity contribution is 5.14. The minimum Gasteiger partial charge on any atom is -0.364 e. The molecule has 1 fully saturated rings. The average Bonchev–Trinajstić information content (AvgIpc) is 2.61. The molecule has 0 amide bonds. The van der Waals surface area contributed by atoms with Gasteiger partial charge in [0.25, 0.3) is 0 Å². The van der Waals surface area contributed by atoms with Crippen LogP contribution in [-0.2, 0) is 4.74 Å². The van der Waals surface area contributed by atoms with Crippen LogP contribution in [-0.4, -0.2) is 17.0 Å². The Morgan fingerprint density at radius 1 is 1.31 bits per heavy atom. The van der Waals surface area contributed by atoms with E-state index in [1.807, 2.05) is 13.0 Å². The van der Waals surface area contributed by atoms with Gasteiger partial charge in [-0.25, -0.2) is 0 Å². The molecule has 2 nitrogen and oxygen atoms in total. The minimum absolute atomic E-state index is 0.0761. The van der Waals surface area contributed by atoms with Crippen molar-refractivity contribution in [1.82, 2.24) is 0 Å². The molecule has 0 radical (unpaired) electrons. The first-order valence-electron chi connectivity index (χ1n) is 6.68. The van der Waals surface area contributed by atoms with E-state index in [2.05, 4.69) is 13.8 Å². The van der Waals surface area contributed by atoms with Crippen LogP contribution in [0.15, 0.2) is 11.6 Å². The lowest BCUT2D eigenvalue weighted by atomic mass is 9.87. The zero-order valence-electron chi connectivity index (χ0n) is 11.0. The molecule has 94 valence electrons. The van der Waals surface area contributed by atoms with E-state index >= 15 is 0 Å². The SMILES string of the molecule is C/C=C1\CC(CCCC)(CCCC)OC1O. The molecule has 1 atom stereocenters. The van der Waals surface area contributed by atoms with E-state index in [0.717, 1.165) is 24.8 Å². The summed E-state index contributed by atoms with van der Waals surface area (Å²) >= 11 is 0. The fraction of sp³-hybridized carbons (Fsp3) is 0.857. The number of aliphatic hydroxyl groups is 1. The zero-order valence-corrected chi connectivity index (χ0v) is 11.0. The molecule has 0 saturated carbocycles. The molecule has 16 heavy (non-hydrogen) atoms. The van der Waals surface area contributed by atoms with E-state index in [4.69, 9.17) is 4.74 Å². The van der Waals surface area contributed by atoms with Crippen molar-refractivity contribution < 1.29 is 9.84 Å². The quantitative estimate of drug-likeness (QED) is 0.698. The molecule has 0 spiro atoms. The average molecular weight is 226 g/mol. The summed E-state index contributed by atoms with van der Waals surface area (Å²) in [4.78, 5) is 0. The van der Waals surface area contributed by atoms with Gasteiger partial charge in [-0.15, -0.1) is 0 Å². The number of unbranched alkanes of at least 4 members (excludes halogenated alkanes) is 2. The van der Waals surface area contributed by atoms with Gasteiger partial charge in [-0.3, -0.25) is 0 Å². The Morgan fingerprint density at radius 3 is 2.25 bits per heavy atom. The molecular formula is C14H26O2. The number of ether oxygens (including phenoxy) is 1. The molecule has 1 rings (SSSR count). The third kappa shape index (κ3) is 3.33. The van der Waals surface area contributed by atoms with Crippen molar-refractivity contribution in [3.63, 3.8) is 0 Å². The summed E-state index contributed by atoms with van der Waals surface area (Å²) in [6.45, 7) is 6.39. The van der Waals surface area contributed by atoms with Crippen LogP contribution in [0, 0.1) is 0 Å². The van der Waals surface area contributed by atoms with E-state index < -0.39 is 6.29 Å². The number of rotatable bonds is 6. The van der Waals surface area contributed by atoms with Crippen LogP contribution in [0.2, 0.25) is 0 Å². The van der Waals surface area contributed by atoms with E-state index in [-0.39, 0.29) is 5.60 Å². The fourth-order valence-corrected chi connectivity index (χ4v) is 2.48. The summed E-state index contributed by atoms with van der Waals surface area (Å²) in [6, 6.07) is 0. The van der Waals surface area contributed by atoms with Gasteiger partial charge in [-0.05, 0) is 25.3 Å². The maximum absolute atomic E-state index is 9.83. The summed E-state index contributed by atoms with van der Waals surface area (Å²) in [6.07, 6.45) is 9.20. The highest BCUT2D eigenvalue weighted by atomic mass is 16.6. The highest BCUT2D eigenvalue weighted by Crippen LogP contribution is 2.40. The number of hydrogen-bond donors (Lipinski definition) is 1. The van der Waals surface area contributed by atoms with Crippen molar-refractivity contribution in [3.05, 3.63) is 11.6 Å². The molecular weight excluding hydrogens is 200 g/mol. The van der Waals surface area contributed by atoms with Crippen molar-refractivity contribution in [1.29, 1.82) is 0 Å². The summed E-state index contributed by atoms with van der Waals surface area (Å²) in [7, 11) is 0. The molecule has 0 aromatic rings. The van der Waals surface area contributed by atoms with Gasteiger partial charge in [-0.1, -0.05) is 45.6 Å². The molecule has 1 aliphatic heterocycles. The van der Waals surface area contributed by atoms with Crippen LogP contribution in [0.25, 0.3) is 0 Å². The Hall–Kier alpha value is -0.340. The number of aliphatic hydroxyl groups excluding tert-OH is 1. The summed E-state index contributed by atoms with van der Waals surface area (Å²) in [5, 5.41) is 9.83. The Kier molecular flexibility index (Phi) is 5.50. The molecule has 0 aromatic heterocycles. The van der Waals surface area contributed by atoms with Gasteiger partial charge in [0.1, 0.15) is 0 Å². The van der Waals surface area contributed by atoms with Crippen LogP contribution in [0.5, 0.6) is 0 Å². The van der Waals surface area contributed by atoms with Crippen LogP contribution in [0.4, 0.5) is 0 Å². The molecule has 1 aliphatic rings. The van der Waals surface area contributed by atoms with E-state index in [9.17, 15) is 5.11 Å². The molecule has 0 aliphatic carbocycles. The number of allylic oxidation sites excluding steroid dienone is 1. The maximum Gasteiger partial charge on any atom is 0.177 e. The first-order valence-corrected chi connectivity index (χ1v) is 6.68. The van der Waals surface area contributed by atoms with Gasteiger partial charge < -0.3 is 9.84 Å². The zero-order chi connectivity index (χ0) is 12.0. The van der Waals surface area contributed by atoms with Crippen LogP contribution < -0.4 is 0 Å². The lowest BCUT2D eigenvalue weighted by molar-refractivity contribution is -0.135.